The number of carboxylic acids is 4. The number of anilines is 6. The Morgan fingerprint density at radius 1 is 0.417 bits per heavy atom. The molecule has 0 atom stereocenters. The van der Waals surface area contributed by atoms with Gasteiger partial charge in [0.2, 0.25) is 0 Å². The van der Waals surface area contributed by atoms with Gasteiger partial charge >= 0.3 is 23.9 Å². The molecule has 0 saturated heterocycles. The molecule has 4 N–H and O–H groups in total. The van der Waals surface area contributed by atoms with Gasteiger partial charge in [0.15, 0.2) is 0 Å². The monoisotopic (exact) mass is 640 g/mol. The Labute approximate surface area is 272 Å². The Morgan fingerprint density at radius 2 is 0.667 bits per heavy atom. The maximum absolute atomic E-state index is 12.2. The van der Waals surface area contributed by atoms with Gasteiger partial charge in [0.05, 0.1) is 79.8 Å². The predicted octanol–water partition coefficient (Wildman–Crippen LogP) is 7.36. The zero-order chi connectivity index (χ0) is 33.9. The minimum atomic E-state index is -1.22. The molecule has 0 spiro atoms. The summed E-state index contributed by atoms with van der Waals surface area (Å²) in [6.45, 7) is 0. The summed E-state index contributed by atoms with van der Waals surface area (Å²) in [6.07, 6.45) is 2.87. The molecular formula is C36H24N4O8. The number of carbonyl (C=O) groups is 4. The molecule has 0 radical (unpaired) electrons. The van der Waals surface area contributed by atoms with Crippen molar-refractivity contribution in [1.29, 1.82) is 0 Å². The topological polar surface area (TPSA) is 181 Å². The van der Waals surface area contributed by atoms with E-state index in [0.29, 0.717) is 22.4 Å². The average Bonchev–Trinajstić information content (AvgIpc) is 3.09. The highest BCUT2D eigenvalue weighted by atomic mass is 16.4. The van der Waals surface area contributed by atoms with Gasteiger partial charge in [-0.1, -0.05) is 48.5 Å². The van der Waals surface area contributed by atoms with Gasteiger partial charge in [0.25, 0.3) is 0 Å². The van der Waals surface area contributed by atoms with Crippen molar-refractivity contribution in [3.8, 4) is 0 Å². The lowest BCUT2D eigenvalue weighted by Gasteiger charge is -2.28. The molecule has 12 heteroatoms. The first kappa shape index (κ1) is 30.9. The van der Waals surface area contributed by atoms with E-state index in [4.69, 9.17) is 0 Å². The third-order valence-corrected chi connectivity index (χ3v) is 7.52. The Balaban J connectivity index is 1.55. The molecule has 4 aromatic carbocycles. The highest BCUT2D eigenvalue weighted by Gasteiger charge is 2.26. The summed E-state index contributed by atoms with van der Waals surface area (Å²) < 4.78 is 0. The molecule has 0 amide bonds. The van der Waals surface area contributed by atoms with Gasteiger partial charge in [0, 0.05) is 0 Å². The van der Waals surface area contributed by atoms with Gasteiger partial charge in [-0.05, 0) is 60.7 Å². The van der Waals surface area contributed by atoms with E-state index in [-0.39, 0.29) is 45.0 Å². The number of aromatic nitrogens is 2. The van der Waals surface area contributed by atoms with Crippen LogP contribution in [0.5, 0.6) is 0 Å². The van der Waals surface area contributed by atoms with Crippen LogP contribution in [-0.2, 0) is 0 Å². The second-order valence-electron chi connectivity index (χ2n) is 10.4. The zero-order valence-electron chi connectivity index (χ0n) is 24.8. The predicted molar refractivity (Wildman–Crippen MR) is 177 cm³/mol. The third kappa shape index (κ3) is 5.72. The van der Waals surface area contributed by atoms with E-state index in [0.717, 1.165) is 0 Å². The fraction of sp³-hybridized carbons (Fsp3) is 0. The molecular weight excluding hydrogens is 616 g/mol. The first-order chi connectivity index (χ1) is 23.2. The number of pyridine rings is 2. The highest BCUT2D eigenvalue weighted by molar-refractivity contribution is 6.04. The summed E-state index contributed by atoms with van der Waals surface area (Å²) in [4.78, 5) is 61.1. The van der Waals surface area contributed by atoms with E-state index < -0.39 is 23.9 Å². The van der Waals surface area contributed by atoms with Crippen LogP contribution in [0.4, 0.5) is 34.1 Å². The lowest BCUT2D eigenvalue weighted by Crippen LogP contribution is -2.18. The molecule has 2 aromatic heterocycles. The maximum atomic E-state index is 12.2. The zero-order valence-corrected chi connectivity index (χ0v) is 24.8. The Kier molecular flexibility index (Phi) is 8.20. The number of carboxylic acid groups (broad SMARTS) is 4. The summed E-state index contributed by atoms with van der Waals surface area (Å²) in [5.41, 5.74) is 1.75. The molecule has 0 fully saturated rings. The van der Waals surface area contributed by atoms with Crippen molar-refractivity contribution in [3.63, 3.8) is 0 Å². The first-order valence-electron chi connectivity index (χ1n) is 14.3. The Hall–Kier alpha value is -7.08. The smallest absolute Gasteiger partial charge is 0.337 e. The molecule has 2 heterocycles. The van der Waals surface area contributed by atoms with Crippen molar-refractivity contribution in [2.45, 2.75) is 0 Å². The summed E-state index contributed by atoms with van der Waals surface area (Å²) in [5.74, 6) is -4.88. The van der Waals surface area contributed by atoms with Gasteiger partial charge in [-0.15, -0.1) is 0 Å². The number of hydrogen-bond acceptors (Lipinski definition) is 8. The van der Waals surface area contributed by atoms with Crippen molar-refractivity contribution in [1.82, 2.24) is 9.97 Å². The van der Waals surface area contributed by atoms with Gasteiger partial charge in [-0.3, -0.25) is 9.97 Å². The normalized spacial score (nSPS) is 10.8. The van der Waals surface area contributed by atoms with Crippen molar-refractivity contribution < 1.29 is 39.6 Å². The lowest BCUT2D eigenvalue weighted by molar-refractivity contribution is 0.0685. The van der Waals surface area contributed by atoms with Crippen LogP contribution in [0.15, 0.2) is 122 Å². The van der Waals surface area contributed by atoms with Crippen LogP contribution in [0.25, 0.3) is 11.0 Å². The molecule has 6 aromatic rings. The van der Waals surface area contributed by atoms with Gasteiger partial charge in [0.1, 0.15) is 0 Å². The van der Waals surface area contributed by atoms with Gasteiger partial charge < -0.3 is 30.2 Å². The van der Waals surface area contributed by atoms with E-state index >= 15 is 0 Å². The number of para-hydroxylation sites is 4. The van der Waals surface area contributed by atoms with E-state index in [1.807, 2.05) is 0 Å². The van der Waals surface area contributed by atoms with Gasteiger partial charge in [-0.25, -0.2) is 19.2 Å². The SMILES string of the molecule is O=C(O)c1ccccc1N(c1cnc2cc(N(c3ccccc3C(=O)O)c3ccccc3C(=O)O)cnc2c1)c1ccccc1C(=O)O. The van der Waals surface area contributed by atoms with Crippen LogP contribution in [0.1, 0.15) is 41.4 Å². The fourth-order valence-electron chi connectivity index (χ4n) is 5.44. The first-order valence-corrected chi connectivity index (χ1v) is 14.3. The second kappa shape index (κ2) is 12.7. The standard InChI is InChI=1S/C36H24N4O8/c41-33(42)23-9-1-5-13-29(23)39(30-14-6-2-10-24(30)34(43)44)21-17-27-28(37-19-21)18-22(20-38-27)40(31-15-7-3-11-25(31)35(45)46)32-16-8-4-12-26(32)36(47)48/h1-20H,(H,41,42)(H,43,44)(H,45,46)(H,47,48). The number of rotatable bonds is 10. The summed E-state index contributed by atoms with van der Waals surface area (Å²) in [6, 6.07) is 27.9. The molecule has 0 aliphatic heterocycles. The highest BCUT2D eigenvalue weighted by Crippen LogP contribution is 2.41. The third-order valence-electron chi connectivity index (χ3n) is 7.52. The van der Waals surface area contributed by atoms with E-state index in [9.17, 15) is 39.6 Å². The van der Waals surface area contributed by atoms with Crippen LogP contribution in [0.2, 0.25) is 0 Å². The Bertz CT molecular complexity index is 1980. The van der Waals surface area contributed by atoms with Crippen molar-refractivity contribution >= 4 is 69.0 Å². The average molecular weight is 641 g/mol. The summed E-state index contributed by atoms with van der Waals surface area (Å²) in [7, 11) is 0. The molecule has 236 valence electrons. The van der Waals surface area contributed by atoms with Crippen LogP contribution in [-0.4, -0.2) is 54.3 Å². The number of hydrogen-bond donors (Lipinski definition) is 4. The molecule has 0 saturated carbocycles. The van der Waals surface area contributed by atoms with Crippen molar-refractivity contribution in [2.24, 2.45) is 0 Å². The number of nitrogens with zero attached hydrogens (tertiary/aromatic N) is 4. The van der Waals surface area contributed by atoms with Crippen LogP contribution < -0.4 is 9.80 Å². The lowest BCUT2D eigenvalue weighted by atomic mass is 10.1. The molecule has 48 heavy (non-hydrogen) atoms. The quantitative estimate of drug-likeness (QED) is 0.117. The minimum absolute atomic E-state index is 0.0778. The molecule has 12 nitrogen and oxygen atoms in total. The van der Waals surface area contributed by atoms with E-state index in [1.54, 1.807) is 84.9 Å². The van der Waals surface area contributed by atoms with E-state index in [1.165, 1.54) is 46.5 Å². The van der Waals surface area contributed by atoms with Gasteiger partial charge in [-0.2, -0.15) is 0 Å². The number of fused-ring (bicyclic) bond motifs is 1. The minimum Gasteiger partial charge on any atom is -0.478 e. The van der Waals surface area contributed by atoms with Crippen LogP contribution in [0.3, 0.4) is 0 Å². The molecule has 6 rings (SSSR count). The van der Waals surface area contributed by atoms with Crippen LogP contribution >= 0.6 is 0 Å². The molecule has 0 aliphatic carbocycles. The molecule has 0 unspecified atom stereocenters. The largest absolute Gasteiger partial charge is 0.478 e. The van der Waals surface area contributed by atoms with Crippen molar-refractivity contribution in [2.75, 3.05) is 9.80 Å². The summed E-state index contributed by atoms with van der Waals surface area (Å²) in [5, 5.41) is 40.0. The van der Waals surface area contributed by atoms with Crippen LogP contribution in [0, 0.1) is 0 Å². The fourth-order valence-corrected chi connectivity index (χ4v) is 5.44. The molecule has 0 aliphatic rings. The number of benzene rings is 4. The number of aromatic carboxylic acids is 4. The summed E-state index contributed by atoms with van der Waals surface area (Å²) >= 11 is 0. The second-order valence-corrected chi connectivity index (χ2v) is 10.4. The Morgan fingerprint density at radius 3 is 0.917 bits per heavy atom. The maximum Gasteiger partial charge on any atom is 0.337 e. The van der Waals surface area contributed by atoms with Crippen molar-refractivity contribution in [3.05, 3.63) is 144 Å². The van der Waals surface area contributed by atoms with E-state index in [2.05, 4.69) is 9.97 Å². The molecule has 0 bridgehead atoms.